The quantitative estimate of drug-likeness (QED) is 0.786. The minimum atomic E-state index is -3.56. The molecule has 128 valence electrons. The lowest BCUT2D eigenvalue weighted by Crippen LogP contribution is -2.48. The summed E-state index contributed by atoms with van der Waals surface area (Å²) >= 11 is 0. The molecule has 1 aromatic heterocycles. The molecule has 0 amide bonds. The minimum Gasteiger partial charge on any atom is -0.308 e. The predicted molar refractivity (Wildman–Crippen MR) is 97.7 cm³/mol. The Labute approximate surface area is 147 Å². The number of sulfonamides is 1. The summed E-state index contributed by atoms with van der Waals surface area (Å²) in [5.41, 5.74) is 1.10. The van der Waals surface area contributed by atoms with Crippen LogP contribution in [0.25, 0.3) is 10.8 Å². The number of piperazine rings is 1. The summed E-state index contributed by atoms with van der Waals surface area (Å²) in [6.45, 7) is 1.52. The molecule has 1 N–H and O–H groups in total. The van der Waals surface area contributed by atoms with Crippen molar-refractivity contribution in [2.24, 2.45) is 0 Å². The Morgan fingerprint density at radius 1 is 1.04 bits per heavy atom. The van der Waals surface area contributed by atoms with Crippen molar-refractivity contribution < 1.29 is 8.42 Å². The van der Waals surface area contributed by atoms with Gasteiger partial charge in [0.05, 0.1) is 4.90 Å². The average molecular weight is 353 g/mol. The Morgan fingerprint density at radius 2 is 1.88 bits per heavy atom. The second-order valence-corrected chi connectivity index (χ2v) is 8.04. The van der Waals surface area contributed by atoms with E-state index in [-0.39, 0.29) is 6.04 Å². The molecule has 6 heteroatoms. The van der Waals surface area contributed by atoms with Gasteiger partial charge in [0, 0.05) is 48.8 Å². The van der Waals surface area contributed by atoms with Crippen molar-refractivity contribution in [2.75, 3.05) is 19.6 Å². The van der Waals surface area contributed by atoms with Gasteiger partial charge in [-0.2, -0.15) is 4.31 Å². The number of fused-ring (bicyclic) bond motifs is 1. The van der Waals surface area contributed by atoms with Gasteiger partial charge in [0.15, 0.2) is 0 Å². The van der Waals surface area contributed by atoms with Crippen molar-refractivity contribution in [3.8, 4) is 0 Å². The highest BCUT2D eigenvalue weighted by Crippen LogP contribution is 2.27. The van der Waals surface area contributed by atoms with Crippen LogP contribution in [-0.2, 0) is 10.0 Å². The first-order valence-corrected chi connectivity index (χ1v) is 9.71. The van der Waals surface area contributed by atoms with Crippen molar-refractivity contribution >= 4 is 20.8 Å². The van der Waals surface area contributed by atoms with Crippen molar-refractivity contribution in [1.29, 1.82) is 0 Å². The van der Waals surface area contributed by atoms with Crippen LogP contribution in [0.15, 0.2) is 71.9 Å². The standard InChI is InChI=1S/C19H19N3O2S/c23-25(24,19-8-4-7-16-13-20-10-9-17(16)19)22-12-11-21-18(14-22)15-5-2-1-3-6-15/h1-10,13,18,21H,11-12,14H2. The lowest BCUT2D eigenvalue weighted by molar-refractivity contribution is 0.302. The summed E-state index contributed by atoms with van der Waals surface area (Å²) in [7, 11) is -3.56. The van der Waals surface area contributed by atoms with E-state index in [9.17, 15) is 8.42 Å². The number of pyridine rings is 1. The molecule has 1 saturated heterocycles. The van der Waals surface area contributed by atoms with Gasteiger partial charge in [-0.05, 0) is 17.7 Å². The molecule has 25 heavy (non-hydrogen) atoms. The molecule has 1 aliphatic rings. The van der Waals surface area contributed by atoms with Crippen LogP contribution in [0.5, 0.6) is 0 Å². The minimum absolute atomic E-state index is 0.00127. The maximum Gasteiger partial charge on any atom is 0.243 e. The fraction of sp³-hybridized carbons (Fsp3) is 0.211. The summed E-state index contributed by atoms with van der Waals surface area (Å²) in [5.74, 6) is 0. The molecule has 1 aliphatic heterocycles. The Balaban J connectivity index is 1.70. The highest BCUT2D eigenvalue weighted by molar-refractivity contribution is 7.89. The molecular formula is C19H19N3O2S. The Hall–Kier alpha value is -2.28. The number of benzene rings is 2. The molecular weight excluding hydrogens is 334 g/mol. The van der Waals surface area contributed by atoms with Crippen LogP contribution in [0.3, 0.4) is 0 Å². The van der Waals surface area contributed by atoms with E-state index < -0.39 is 10.0 Å². The lowest BCUT2D eigenvalue weighted by Gasteiger charge is -2.33. The number of nitrogens with one attached hydrogen (secondary N) is 1. The number of hydrogen-bond donors (Lipinski definition) is 1. The number of nitrogens with zero attached hydrogens (tertiary/aromatic N) is 2. The number of rotatable bonds is 3. The van der Waals surface area contributed by atoms with Crippen molar-refractivity contribution in [3.63, 3.8) is 0 Å². The normalized spacial score (nSPS) is 19.1. The first kappa shape index (κ1) is 16.2. The van der Waals surface area contributed by atoms with Gasteiger partial charge in [0.2, 0.25) is 10.0 Å². The van der Waals surface area contributed by atoms with Gasteiger partial charge in [0.25, 0.3) is 0 Å². The van der Waals surface area contributed by atoms with Crippen LogP contribution >= 0.6 is 0 Å². The maximum absolute atomic E-state index is 13.3. The van der Waals surface area contributed by atoms with Crippen LogP contribution in [0.2, 0.25) is 0 Å². The first-order chi connectivity index (χ1) is 12.2. The van der Waals surface area contributed by atoms with Crippen molar-refractivity contribution in [3.05, 3.63) is 72.6 Å². The maximum atomic E-state index is 13.3. The number of hydrogen-bond acceptors (Lipinski definition) is 4. The Morgan fingerprint density at radius 3 is 2.72 bits per heavy atom. The van der Waals surface area contributed by atoms with E-state index in [1.165, 1.54) is 0 Å². The average Bonchev–Trinajstić information content (AvgIpc) is 2.68. The predicted octanol–water partition coefficient (Wildman–Crippen LogP) is 2.57. The third-order valence-electron chi connectivity index (χ3n) is 4.60. The summed E-state index contributed by atoms with van der Waals surface area (Å²) in [4.78, 5) is 4.43. The molecule has 2 heterocycles. The summed E-state index contributed by atoms with van der Waals surface area (Å²) < 4.78 is 28.1. The van der Waals surface area contributed by atoms with Crippen molar-refractivity contribution in [1.82, 2.24) is 14.6 Å². The van der Waals surface area contributed by atoms with Gasteiger partial charge in [-0.1, -0.05) is 42.5 Å². The summed E-state index contributed by atoms with van der Waals surface area (Å²) in [6.07, 6.45) is 3.32. The molecule has 3 aromatic rings. The SMILES string of the molecule is O=S(=O)(c1cccc2cnccc12)N1CCNC(c2ccccc2)C1. The molecule has 0 bridgehead atoms. The summed E-state index contributed by atoms with van der Waals surface area (Å²) in [6, 6.07) is 17.1. The molecule has 4 rings (SSSR count). The van der Waals surface area contributed by atoms with Crippen LogP contribution in [0, 0.1) is 0 Å². The highest BCUT2D eigenvalue weighted by atomic mass is 32.2. The molecule has 1 fully saturated rings. The number of aromatic nitrogens is 1. The third-order valence-corrected chi connectivity index (χ3v) is 6.52. The lowest BCUT2D eigenvalue weighted by atomic mass is 10.1. The Bertz CT molecular complexity index is 984. The van der Waals surface area contributed by atoms with Gasteiger partial charge in [-0.15, -0.1) is 0 Å². The zero-order valence-corrected chi connectivity index (χ0v) is 14.5. The van der Waals surface area contributed by atoms with E-state index in [0.29, 0.717) is 29.9 Å². The van der Waals surface area contributed by atoms with Gasteiger partial charge < -0.3 is 5.32 Å². The summed E-state index contributed by atoms with van der Waals surface area (Å²) in [5, 5.41) is 4.96. The van der Waals surface area contributed by atoms with Crippen LogP contribution in [0.1, 0.15) is 11.6 Å². The monoisotopic (exact) mass is 353 g/mol. The highest BCUT2D eigenvalue weighted by Gasteiger charge is 2.31. The van der Waals surface area contributed by atoms with Crippen LogP contribution in [-0.4, -0.2) is 37.3 Å². The van der Waals surface area contributed by atoms with Crippen molar-refractivity contribution in [2.45, 2.75) is 10.9 Å². The first-order valence-electron chi connectivity index (χ1n) is 8.27. The second kappa shape index (κ2) is 6.55. The van der Waals surface area contributed by atoms with E-state index in [2.05, 4.69) is 10.3 Å². The van der Waals surface area contributed by atoms with E-state index in [1.807, 2.05) is 36.4 Å². The molecule has 0 radical (unpaired) electrons. The van der Waals surface area contributed by atoms with E-state index in [0.717, 1.165) is 10.9 Å². The van der Waals surface area contributed by atoms with Crippen LogP contribution < -0.4 is 5.32 Å². The van der Waals surface area contributed by atoms with Gasteiger partial charge >= 0.3 is 0 Å². The zero-order chi connectivity index (χ0) is 17.3. The Kier molecular flexibility index (Phi) is 4.25. The second-order valence-electron chi connectivity index (χ2n) is 6.13. The molecule has 5 nitrogen and oxygen atoms in total. The smallest absolute Gasteiger partial charge is 0.243 e. The van der Waals surface area contributed by atoms with E-state index in [4.69, 9.17) is 0 Å². The van der Waals surface area contributed by atoms with E-state index in [1.54, 1.807) is 34.9 Å². The molecule has 1 atom stereocenters. The van der Waals surface area contributed by atoms with Gasteiger partial charge in [0.1, 0.15) is 0 Å². The molecule has 1 unspecified atom stereocenters. The van der Waals surface area contributed by atoms with E-state index >= 15 is 0 Å². The van der Waals surface area contributed by atoms with Gasteiger partial charge in [-0.3, -0.25) is 4.98 Å². The van der Waals surface area contributed by atoms with Crippen LogP contribution in [0.4, 0.5) is 0 Å². The zero-order valence-electron chi connectivity index (χ0n) is 13.7. The van der Waals surface area contributed by atoms with Gasteiger partial charge in [-0.25, -0.2) is 8.42 Å². The molecule has 2 aromatic carbocycles. The fourth-order valence-corrected chi connectivity index (χ4v) is 4.98. The fourth-order valence-electron chi connectivity index (χ4n) is 3.31. The third kappa shape index (κ3) is 3.04. The molecule has 0 saturated carbocycles. The topological polar surface area (TPSA) is 62.3 Å². The molecule has 0 aliphatic carbocycles. The largest absolute Gasteiger partial charge is 0.308 e. The molecule has 0 spiro atoms.